The van der Waals surface area contributed by atoms with Gasteiger partial charge in [-0.05, 0) is 20.3 Å². The van der Waals surface area contributed by atoms with Gasteiger partial charge in [-0.25, -0.2) is 0 Å². The Morgan fingerprint density at radius 1 is 1.38 bits per heavy atom. The minimum atomic E-state index is -0.678. The Balaban J connectivity index is 1.95. The predicted molar refractivity (Wildman–Crippen MR) is 45.0 cm³/mol. The fourth-order valence-electron chi connectivity index (χ4n) is 1.89. The van der Waals surface area contributed by atoms with Gasteiger partial charge in [-0.3, -0.25) is 0 Å². The van der Waals surface area contributed by atoms with Crippen molar-refractivity contribution in [1.82, 2.24) is 0 Å². The first-order valence-corrected chi connectivity index (χ1v) is 4.70. The molecule has 1 unspecified atom stereocenters. The van der Waals surface area contributed by atoms with Crippen LogP contribution in [0.1, 0.15) is 20.3 Å². The molecule has 1 N–H and O–H groups in total. The Morgan fingerprint density at radius 3 is 2.62 bits per heavy atom. The van der Waals surface area contributed by atoms with Crippen LogP contribution < -0.4 is 0 Å². The zero-order valence-corrected chi connectivity index (χ0v) is 8.03. The second kappa shape index (κ2) is 3.20. The molecule has 2 saturated heterocycles. The van der Waals surface area contributed by atoms with E-state index in [9.17, 15) is 5.11 Å². The van der Waals surface area contributed by atoms with E-state index in [1.807, 2.05) is 13.8 Å². The average molecular weight is 188 g/mol. The molecule has 2 heterocycles. The van der Waals surface area contributed by atoms with Crippen LogP contribution in [0.15, 0.2) is 0 Å². The van der Waals surface area contributed by atoms with Gasteiger partial charge in [-0.2, -0.15) is 0 Å². The smallest absolute Gasteiger partial charge is 0.163 e. The lowest BCUT2D eigenvalue weighted by Gasteiger charge is -2.21. The van der Waals surface area contributed by atoms with E-state index < -0.39 is 12.1 Å². The Kier molecular flexibility index (Phi) is 2.32. The SMILES string of the molecule is CC1(C)OC[C@@H]([C@@H]2CCOC2O)O1. The molecular formula is C9H16O4. The standard InChI is InChI=1S/C9H16O4/c1-9(2)12-5-7(13-9)6-3-4-11-8(6)10/h6-8,10H,3-5H2,1-2H3/t6-,7-,8?/m0/s1. The number of hydrogen-bond acceptors (Lipinski definition) is 4. The summed E-state index contributed by atoms with van der Waals surface area (Å²) in [6, 6.07) is 0. The third-order valence-electron chi connectivity index (χ3n) is 2.61. The molecule has 0 radical (unpaired) electrons. The fraction of sp³-hybridized carbons (Fsp3) is 1.00. The van der Waals surface area contributed by atoms with E-state index >= 15 is 0 Å². The second-order valence-electron chi connectivity index (χ2n) is 4.08. The van der Waals surface area contributed by atoms with Crippen LogP contribution in [0.4, 0.5) is 0 Å². The van der Waals surface area contributed by atoms with Crippen molar-refractivity contribution >= 4 is 0 Å². The maximum absolute atomic E-state index is 9.46. The van der Waals surface area contributed by atoms with Gasteiger partial charge in [0.2, 0.25) is 0 Å². The molecule has 0 bridgehead atoms. The summed E-state index contributed by atoms with van der Waals surface area (Å²) in [5.74, 6) is -0.436. The van der Waals surface area contributed by atoms with Crippen LogP contribution in [0.3, 0.4) is 0 Å². The molecule has 0 aliphatic carbocycles. The van der Waals surface area contributed by atoms with Crippen LogP contribution in [0.2, 0.25) is 0 Å². The minimum absolute atomic E-state index is 0.0208. The van der Waals surface area contributed by atoms with Gasteiger partial charge in [0.05, 0.1) is 19.3 Å². The summed E-state index contributed by atoms with van der Waals surface area (Å²) < 4.78 is 16.1. The first-order valence-electron chi connectivity index (χ1n) is 4.70. The van der Waals surface area contributed by atoms with Crippen molar-refractivity contribution in [2.75, 3.05) is 13.2 Å². The third-order valence-corrected chi connectivity index (χ3v) is 2.61. The fourth-order valence-corrected chi connectivity index (χ4v) is 1.89. The van der Waals surface area contributed by atoms with Crippen molar-refractivity contribution in [3.05, 3.63) is 0 Å². The van der Waals surface area contributed by atoms with Crippen LogP contribution in [0.25, 0.3) is 0 Å². The molecule has 0 spiro atoms. The highest BCUT2D eigenvalue weighted by atomic mass is 16.7. The summed E-state index contributed by atoms with van der Waals surface area (Å²) in [6.07, 6.45) is 0.153. The summed E-state index contributed by atoms with van der Waals surface area (Å²) in [4.78, 5) is 0. The van der Waals surface area contributed by atoms with Gasteiger partial charge in [-0.1, -0.05) is 0 Å². The largest absolute Gasteiger partial charge is 0.368 e. The quantitative estimate of drug-likeness (QED) is 0.650. The molecule has 0 aromatic rings. The molecule has 2 rings (SSSR count). The highest BCUT2D eigenvalue weighted by Gasteiger charge is 2.42. The highest BCUT2D eigenvalue weighted by molar-refractivity contribution is 4.82. The maximum Gasteiger partial charge on any atom is 0.163 e. The van der Waals surface area contributed by atoms with E-state index in [4.69, 9.17) is 14.2 Å². The van der Waals surface area contributed by atoms with Gasteiger partial charge in [0.1, 0.15) is 0 Å². The highest BCUT2D eigenvalue weighted by Crippen LogP contribution is 2.32. The topological polar surface area (TPSA) is 47.9 Å². The van der Waals surface area contributed by atoms with Gasteiger partial charge in [0, 0.05) is 5.92 Å². The second-order valence-corrected chi connectivity index (χ2v) is 4.08. The van der Waals surface area contributed by atoms with Crippen molar-refractivity contribution in [2.45, 2.75) is 38.4 Å². The van der Waals surface area contributed by atoms with Gasteiger partial charge in [-0.15, -0.1) is 0 Å². The maximum atomic E-state index is 9.46. The Labute approximate surface area is 77.8 Å². The summed E-state index contributed by atoms with van der Waals surface area (Å²) in [5.41, 5.74) is 0. The molecule has 0 amide bonds. The van der Waals surface area contributed by atoms with Crippen molar-refractivity contribution in [2.24, 2.45) is 5.92 Å². The zero-order valence-electron chi connectivity index (χ0n) is 8.03. The molecule has 3 atom stereocenters. The van der Waals surface area contributed by atoms with E-state index in [1.165, 1.54) is 0 Å². The Bertz CT molecular complexity index is 192. The van der Waals surface area contributed by atoms with Crippen molar-refractivity contribution < 1.29 is 19.3 Å². The Hall–Kier alpha value is -0.160. The van der Waals surface area contributed by atoms with E-state index in [0.717, 1.165) is 6.42 Å². The number of aliphatic hydroxyl groups excluding tert-OH is 1. The lowest BCUT2D eigenvalue weighted by atomic mass is 10.0. The molecule has 4 heteroatoms. The number of rotatable bonds is 1. The normalized spacial score (nSPS) is 44.1. The predicted octanol–water partition coefficient (Wildman–Crippen LogP) is 0.493. The van der Waals surface area contributed by atoms with Crippen LogP contribution in [-0.2, 0) is 14.2 Å². The summed E-state index contributed by atoms with van der Waals surface area (Å²) >= 11 is 0. The molecule has 4 nitrogen and oxygen atoms in total. The number of ether oxygens (including phenoxy) is 3. The molecule has 0 aromatic heterocycles. The first kappa shape index (κ1) is 9.40. The lowest BCUT2D eigenvalue weighted by Crippen LogP contribution is -2.31. The molecule has 13 heavy (non-hydrogen) atoms. The number of hydrogen-bond donors (Lipinski definition) is 1. The molecule has 76 valence electrons. The lowest BCUT2D eigenvalue weighted by molar-refractivity contribution is -0.160. The van der Waals surface area contributed by atoms with E-state index in [-0.39, 0.29) is 12.0 Å². The van der Waals surface area contributed by atoms with Crippen LogP contribution in [0, 0.1) is 5.92 Å². The van der Waals surface area contributed by atoms with Crippen molar-refractivity contribution in [3.8, 4) is 0 Å². The Morgan fingerprint density at radius 2 is 2.15 bits per heavy atom. The van der Waals surface area contributed by atoms with Crippen LogP contribution in [0.5, 0.6) is 0 Å². The summed E-state index contributed by atoms with van der Waals surface area (Å²) in [6.45, 7) is 4.94. The van der Waals surface area contributed by atoms with Crippen molar-refractivity contribution in [3.63, 3.8) is 0 Å². The molecule has 0 saturated carbocycles. The van der Waals surface area contributed by atoms with E-state index in [0.29, 0.717) is 13.2 Å². The van der Waals surface area contributed by atoms with Gasteiger partial charge >= 0.3 is 0 Å². The zero-order chi connectivity index (χ0) is 9.47. The van der Waals surface area contributed by atoms with Gasteiger partial charge in [0.25, 0.3) is 0 Å². The minimum Gasteiger partial charge on any atom is -0.368 e. The summed E-state index contributed by atoms with van der Waals surface area (Å²) in [7, 11) is 0. The summed E-state index contributed by atoms with van der Waals surface area (Å²) in [5, 5.41) is 9.46. The molecule has 2 aliphatic heterocycles. The average Bonchev–Trinajstić information content (AvgIpc) is 2.56. The van der Waals surface area contributed by atoms with Gasteiger partial charge < -0.3 is 19.3 Å². The van der Waals surface area contributed by atoms with Crippen LogP contribution >= 0.6 is 0 Å². The third kappa shape index (κ3) is 1.86. The molecule has 0 aromatic carbocycles. The van der Waals surface area contributed by atoms with Crippen LogP contribution in [-0.4, -0.2) is 36.5 Å². The first-order chi connectivity index (χ1) is 6.08. The monoisotopic (exact) mass is 188 g/mol. The molecule has 2 aliphatic rings. The van der Waals surface area contributed by atoms with E-state index in [1.54, 1.807) is 0 Å². The number of aliphatic hydroxyl groups is 1. The molecular weight excluding hydrogens is 172 g/mol. The van der Waals surface area contributed by atoms with Gasteiger partial charge in [0.15, 0.2) is 12.1 Å². The van der Waals surface area contributed by atoms with E-state index in [2.05, 4.69) is 0 Å². The molecule has 2 fully saturated rings. The van der Waals surface area contributed by atoms with Crippen molar-refractivity contribution in [1.29, 1.82) is 0 Å².